The Bertz CT molecular complexity index is 1750. The first-order valence-corrected chi connectivity index (χ1v) is 13.8. The minimum Gasteiger partial charge on any atom is -0.364 e. The highest BCUT2D eigenvalue weighted by atomic mass is 32.1. The van der Waals surface area contributed by atoms with Crippen LogP contribution in [0.5, 0.6) is 0 Å². The summed E-state index contributed by atoms with van der Waals surface area (Å²) >= 11 is 1.56. The number of carbonyl (C=O) groups excluding carboxylic acids is 1. The number of fused-ring (bicyclic) bond motifs is 2. The monoisotopic (exact) mass is 539 g/mol. The number of thiazole rings is 1. The lowest BCUT2D eigenvalue weighted by Crippen LogP contribution is -2.35. The van der Waals surface area contributed by atoms with E-state index in [1.807, 2.05) is 49.4 Å². The van der Waals surface area contributed by atoms with Crippen molar-refractivity contribution >= 4 is 33.1 Å². The summed E-state index contributed by atoms with van der Waals surface area (Å²) in [6.07, 6.45) is 4.37. The van der Waals surface area contributed by atoms with Crippen LogP contribution in [0.2, 0.25) is 0 Å². The summed E-state index contributed by atoms with van der Waals surface area (Å²) in [6, 6.07) is 15.5. The molecule has 1 aliphatic rings. The van der Waals surface area contributed by atoms with Gasteiger partial charge in [-0.15, -0.1) is 11.3 Å². The standard InChI is InChI=1S/C30H29N5O3S/c1-18(2)34-12-10-27-26(16-34)31-30(39-27)32-28(36)23-6-4-5-20(13-23)15-35-11-9-22-14-21(7-8-24(22)29(35)37)25-17-38-33-19(25)3/h4-9,11,13-14,17-18H,10,12,15-16H2,1-3H3,(H,31,32,36). The number of rotatable bonds is 6. The number of amides is 1. The Morgan fingerprint density at radius 1 is 1.18 bits per heavy atom. The summed E-state index contributed by atoms with van der Waals surface area (Å²) in [5.41, 5.74) is 5.04. The van der Waals surface area contributed by atoms with Gasteiger partial charge in [0, 0.05) is 46.7 Å². The van der Waals surface area contributed by atoms with Gasteiger partial charge >= 0.3 is 0 Å². The van der Waals surface area contributed by atoms with Gasteiger partial charge in [-0.1, -0.05) is 23.4 Å². The van der Waals surface area contributed by atoms with Gasteiger partial charge in [-0.3, -0.25) is 19.8 Å². The number of nitrogens with zero attached hydrogens (tertiary/aromatic N) is 4. The Balaban J connectivity index is 1.19. The fourth-order valence-electron chi connectivity index (χ4n) is 5.04. The number of anilines is 1. The molecule has 0 radical (unpaired) electrons. The first kappa shape index (κ1) is 25.2. The number of hydrogen-bond acceptors (Lipinski definition) is 7. The summed E-state index contributed by atoms with van der Waals surface area (Å²) in [5.74, 6) is -0.203. The summed E-state index contributed by atoms with van der Waals surface area (Å²) in [7, 11) is 0. The molecule has 198 valence electrons. The molecule has 1 amide bonds. The van der Waals surface area contributed by atoms with Crippen molar-refractivity contribution in [1.29, 1.82) is 0 Å². The zero-order chi connectivity index (χ0) is 27.1. The number of benzene rings is 2. The lowest BCUT2D eigenvalue weighted by molar-refractivity contribution is 0.102. The molecular formula is C30H29N5O3S. The smallest absolute Gasteiger partial charge is 0.258 e. The summed E-state index contributed by atoms with van der Waals surface area (Å²) in [4.78, 5) is 34.7. The molecule has 0 fully saturated rings. The number of aromatic nitrogens is 3. The molecule has 1 aliphatic heterocycles. The van der Waals surface area contributed by atoms with Crippen LogP contribution in [-0.2, 0) is 19.5 Å². The quantitative estimate of drug-likeness (QED) is 0.307. The molecule has 0 saturated carbocycles. The number of aryl methyl sites for hydroxylation is 1. The fourth-order valence-corrected chi connectivity index (χ4v) is 5.99. The van der Waals surface area contributed by atoms with Crippen LogP contribution in [0.15, 0.2) is 70.3 Å². The third-order valence-corrected chi connectivity index (χ3v) is 8.36. The molecule has 39 heavy (non-hydrogen) atoms. The lowest BCUT2D eigenvalue weighted by atomic mass is 10.0. The first-order chi connectivity index (χ1) is 18.9. The van der Waals surface area contributed by atoms with Crippen molar-refractivity contribution in [2.45, 2.75) is 46.3 Å². The van der Waals surface area contributed by atoms with Gasteiger partial charge in [0.25, 0.3) is 11.5 Å². The average molecular weight is 540 g/mol. The third kappa shape index (κ3) is 5.03. The van der Waals surface area contributed by atoms with Crippen LogP contribution in [0.4, 0.5) is 5.13 Å². The molecule has 8 nitrogen and oxygen atoms in total. The Hall–Kier alpha value is -4.08. The largest absolute Gasteiger partial charge is 0.364 e. The average Bonchev–Trinajstić information content (AvgIpc) is 3.55. The second-order valence-electron chi connectivity index (χ2n) is 10.2. The van der Waals surface area contributed by atoms with E-state index in [1.165, 1.54) is 4.88 Å². The molecule has 0 aliphatic carbocycles. The molecule has 9 heteroatoms. The zero-order valence-electron chi connectivity index (χ0n) is 22.1. The Morgan fingerprint density at radius 3 is 2.85 bits per heavy atom. The number of nitrogens with one attached hydrogen (secondary N) is 1. The van der Waals surface area contributed by atoms with Crippen molar-refractivity contribution in [1.82, 2.24) is 19.6 Å². The minimum absolute atomic E-state index is 0.0836. The van der Waals surface area contributed by atoms with Gasteiger partial charge < -0.3 is 9.09 Å². The molecule has 0 spiro atoms. The molecule has 0 unspecified atom stereocenters. The van der Waals surface area contributed by atoms with Crippen molar-refractivity contribution in [3.8, 4) is 11.1 Å². The van der Waals surface area contributed by atoms with Crippen LogP contribution < -0.4 is 10.9 Å². The topological polar surface area (TPSA) is 93.3 Å². The molecule has 0 atom stereocenters. The molecule has 2 aromatic carbocycles. The van der Waals surface area contributed by atoms with Crippen LogP contribution in [0, 0.1) is 6.92 Å². The van der Waals surface area contributed by atoms with E-state index >= 15 is 0 Å². The predicted octanol–water partition coefficient (Wildman–Crippen LogP) is 5.49. The molecule has 1 N–H and O–H groups in total. The van der Waals surface area contributed by atoms with Crippen LogP contribution in [0.1, 0.15) is 46.0 Å². The Labute approximate surface area is 229 Å². The van der Waals surface area contributed by atoms with Crippen molar-refractivity contribution in [3.63, 3.8) is 0 Å². The second kappa shape index (κ2) is 10.2. The molecular weight excluding hydrogens is 510 g/mol. The molecule has 0 saturated heterocycles. The summed E-state index contributed by atoms with van der Waals surface area (Å²) < 4.78 is 6.73. The van der Waals surface area contributed by atoms with E-state index in [1.54, 1.807) is 34.4 Å². The van der Waals surface area contributed by atoms with Crippen molar-refractivity contribution in [3.05, 3.63) is 98.7 Å². The molecule has 4 heterocycles. The van der Waals surface area contributed by atoms with E-state index in [4.69, 9.17) is 9.51 Å². The van der Waals surface area contributed by atoms with Gasteiger partial charge in [-0.05, 0) is 74.0 Å². The van der Waals surface area contributed by atoms with Gasteiger partial charge in [0.1, 0.15) is 6.26 Å². The van der Waals surface area contributed by atoms with Gasteiger partial charge in [0.2, 0.25) is 0 Å². The molecule has 3 aromatic heterocycles. The minimum atomic E-state index is -0.203. The van der Waals surface area contributed by atoms with Crippen LogP contribution >= 0.6 is 11.3 Å². The SMILES string of the molecule is Cc1nocc1-c1ccc2c(=O)n(Cc3cccc(C(=O)Nc4nc5c(s4)CCN(C(C)C)C5)c3)ccc2c1. The maximum absolute atomic E-state index is 13.3. The highest BCUT2D eigenvalue weighted by molar-refractivity contribution is 7.15. The summed E-state index contributed by atoms with van der Waals surface area (Å²) in [5, 5.41) is 9.04. The van der Waals surface area contributed by atoms with Crippen molar-refractivity contribution < 1.29 is 9.32 Å². The predicted molar refractivity (Wildman–Crippen MR) is 153 cm³/mol. The summed E-state index contributed by atoms with van der Waals surface area (Å²) in [6.45, 7) is 8.46. The number of hydrogen-bond donors (Lipinski definition) is 1. The van der Waals surface area contributed by atoms with E-state index in [0.717, 1.165) is 53.0 Å². The second-order valence-corrected chi connectivity index (χ2v) is 11.3. The normalized spacial score (nSPS) is 13.6. The van der Waals surface area contributed by atoms with E-state index < -0.39 is 0 Å². The molecule has 5 aromatic rings. The Kier molecular flexibility index (Phi) is 6.62. The van der Waals surface area contributed by atoms with Crippen LogP contribution in [0.3, 0.4) is 0 Å². The van der Waals surface area contributed by atoms with E-state index in [9.17, 15) is 9.59 Å². The lowest BCUT2D eigenvalue weighted by Gasteiger charge is -2.29. The maximum Gasteiger partial charge on any atom is 0.258 e. The fraction of sp³-hybridized carbons (Fsp3) is 0.267. The van der Waals surface area contributed by atoms with Crippen molar-refractivity contribution in [2.75, 3.05) is 11.9 Å². The highest BCUT2D eigenvalue weighted by Crippen LogP contribution is 2.29. The van der Waals surface area contributed by atoms with E-state index in [-0.39, 0.29) is 11.5 Å². The van der Waals surface area contributed by atoms with Gasteiger partial charge in [0.05, 0.1) is 17.9 Å². The first-order valence-electron chi connectivity index (χ1n) is 13.0. The van der Waals surface area contributed by atoms with E-state index in [0.29, 0.717) is 28.7 Å². The number of pyridine rings is 1. The van der Waals surface area contributed by atoms with Gasteiger partial charge in [0.15, 0.2) is 5.13 Å². The van der Waals surface area contributed by atoms with E-state index in [2.05, 4.69) is 29.2 Å². The van der Waals surface area contributed by atoms with Gasteiger partial charge in [-0.25, -0.2) is 4.98 Å². The maximum atomic E-state index is 13.3. The van der Waals surface area contributed by atoms with Crippen LogP contribution in [-0.4, -0.2) is 38.1 Å². The Morgan fingerprint density at radius 2 is 2.05 bits per heavy atom. The third-order valence-electron chi connectivity index (χ3n) is 7.29. The molecule has 0 bridgehead atoms. The number of carbonyl (C=O) groups is 1. The highest BCUT2D eigenvalue weighted by Gasteiger charge is 2.23. The van der Waals surface area contributed by atoms with Gasteiger partial charge in [-0.2, -0.15) is 0 Å². The molecule has 6 rings (SSSR count). The van der Waals surface area contributed by atoms with Crippen molar-refractivity contribution in [2.24, 2.45) is 0 Å². The van der Waals surface area contributed by atoms with Crippen LogP contribution in [0.25, 0.3) is 21.9 Å². The zero-order valence-corrected chi connectivity index (χ0v) is 22.9.